The van der Waals surface area contributed by atoms with Gasteiger partial charge >= 0.3 is 5.24 Å². The highest BCUT2D eigenvalue weighted by atomic mass is 32.2. The molecule has 0 fully saturated rings. The van der Waals surface area contributed by atoms with Crippen LogP contribution in [0.25, 0.3) is 0 Å². The number of hydrogen-bond acceptors (Lipinski definition) is 1. The molecule has 2 nitrogen and oxygen atoms in total. The molecule has 1 rings (SSSR count). The first-order chi connectivity index (χ1) is 5.70. The van der Waals surface area contributed by atoms with Crippen molar-refractivity contribution < 1.29 is 4.79 Å². The van der Waals surface area contributed by atoms with Gasteiger partial charge in [-0.2, -0.15) is 0 Å². The number of anilines is 1. The average Bonchev–Trinajstić information content (AvgIpc) is 2.06. The summed E-state index contributed by atoms with van der Waals surface area (Å²) in [6, 6.07) is 9.49. The van der Waals surface area contributed by atoms with E-state index in [2.05, 4.69) is 5.32 Å². The lowest BCUT2D eigenvalue weighted by molar-refractivity contribution is 0.269. The topological polar surface area (TPSA) is 29.1 Å². The average molecular weight is 197 g/mol. The van der Waals surface area contributed by atoms with E-state index in [0.717, 1.165) is 5.69 Å². The van der Waals surface area contributed by atoms with Gasteiger partial charge in [0.05, 0.1) is 10.9 Å². The molecule has 0 aliphatic heterocycles. The number of hydrogen-bond donors (Lipinski definition) is 1. The maximum absolute atomic E-state index is 11.2. The van der Waals surface area contributed by atoms with Gasteiger partial charge < -0.3 is 7.43 Å². The van der Waals surface area contributed by atoms with E-state index in [1.807, 2.05) is 42.8 Å². The number of amides is 1. The quantitative estimate of drug-likeness (QED) is 0.544. The highest BCUT2D eigenvalue weighted by Gasteiger charge is 2.15. The zero-order valence-electron chi connectivity index (χ0n) is 8.20. The standard InChI is InChI=1S/C9H11NOS.CH3/c1-12(2)9(11)10-8-6-4-3-5-7-8;/h3-7H,1-2H3;1H3/q;-1/p+1. The van der Waals surface area contributed by atoms with Crippen LogP contribution >= 0.6 is 0 Å². The maximum Gasteiger partial charge on any atom is 0.433 e. The van der Waals surface area contributed by atoms with Crippen molar-refractivity contribution in [3.05, 3.63) is 37.8 Å². The van der Waals surface area contributed by atoms with Crippen LogP contribution in [0.5, 0.6) is 0 Å². The Labute approximate surface area is 82.7 Å². The van der Waals surface area contributed by atoms with E-state index < -0.39 is 0 Å². The van der Waals surface area contributed by atoms with E-state index in [9.17, 15) is 4.79 Å². The Morgan fingerprint density at radius 1 is 1.23 bits per heavy atom. The lowest BCUT2D eigenvalue weighted by Gasteiger charge is -1.99. The van der Waals surface area contributed by atoms with Crippen LogP contribution in [-0.4, -0.2) is 17.8 Å². The molecule has 0 bridgehead atoms. The Morgan fingerprint density at radius 3 is 2.23 bits per heavy atom. The minimum absolute atomic E-state index is 0. The first kappa shape index (κ1) is 12.0. The Bertz CT molecular complexity index is 259. The highest BCUT2D eigenvalue weighted by Crippen LogP contribution is 2.06. The molecule has 1 N–H and O–H groups in total. The zero-order valence-corrected chi connectivity index (χ0v) is 9.02. The molecule has 0 aromatic heterocycles. The van der Waals surface area contributed by atoms with Crippen LogP contribution in [0.1, 0.15) is 0 Å². The molecular formula is C10H15NOS. The smallest absolute Gasteiger partial charge is 0.358 e. The molecule has 1 aromatic carbocycles. The molecule has 0 saturated carbocycles. The molecule has 13 heavy (non-hydrogen) atoms. The van der Waals surface area contributed by atoms with E-state index in [1.165, 1.54) is 0 Å². The summed E-state index contributed by atoms with van der Waals surface area (Å²) in [6.07, 6.45) is 3.80. The molecule has 0 unspecified atom stereocenters. The molecule has 0 aliphatic carbocycles. The normalized spacial score (nSPS) is 9.15. The van der Waals surface area contributed by atoms with E-state index >= 15 is 0 Å². The third kappa shape index (κ3) is 3.99. The van der Waals surface area contributed by atoms with Crippen molar-refractivity contribution in [2.45, 2.75) is 0 Å². The van der Waals surface area contributed by atoms with Crippen molar-refractivity contribution in [3.63, 3.8) is 0 Å². The van der Waals surface area contributed by atoms with Crippen LogP contribution in [0, 0.1) is 7.43 Å². The zero-order chi connectivity index (χ0) is 8.97. The molecular weight excluding hydrogens is 182 g/mol. The molecule has 0 saturated heterocycles. The number of carbonyl (C=O) groups excluding carboxylic acids is 1. The van der Waals surface area contributed by atoms with Gasteiger partial charge in [-0.25, -0.2) is 4.79 Å². The molecule has 0 spiro atoms. The molecule has 0 radical (unpaired) electrons. The lowest BCUT2D eigenvalue weighted by Crippen LogP contribution is -2.18. The Morgan fingerprint density at radius 2 is 1.77 bits per heavy atom. The predicted molar refractivity (Wildman–Crippen MR) is 61.1 cm³/mol. The molecule has 3 heteroatoms. The predicted octanol–water partition coefficient (Wildman–Crippen LogP) is 2.55. The Balaban J connectivity index is 0.00000144. The summed E-state index contributed by atoms with van der Waals surface area (Å²) < 4.78 is 0. The second-order valence-electron chi connectivity index (χ2n) is 2.59. The molecule has 1 aromatic rings. The minimum atomic E-state index is -0.211. The molecule has 1 amide bonds. The van der Waals surface area contributed by atoms with Crippen LogP contribution in [-0.2, 0) is 10.9 Å². The summed E-state index contributed by atoms with van der Waals surface area (Å²) in [6.45, 7) is 0. The number of nitrogens with one attached hydrogen (secondary N) is 1. The van der Waals surface area contributed by atoms with Gasteiger partial charge in [-0.15, -0.1) is 0 Å². The monoisotopic (exact) mass is 197 g/mol. The summed E-state index contributed by atoms with van der Waals surface area (Å²) in [7, 11) is -0.211. The van der Waals surface area contributed by atoms with Gasteiger partial charge in [-0.1, -0.05) is 18.2 Å². The molecule has 72 valence electrons. The number of carbonyl (C=O) groups is 1. The second-order valence-corrected chi connectivity index (χ2v) is 4.60. The van der Waals surface area contributed by atoms with Crippen LogP contribution in [0.15, 0.2) is 30.3 Å². The molecule has 0 aliphatic rings. The lowest BCUT2D eigenvalue weighted by atomic mass is 10.3. The van der Waals surface area contributed by atoms with Crippen molar-refractivity contribution in [1.82, 2.24) is 0 Å². The van der Waals surface area contributed by atoms with Gasteiger partial charge in [0.2, 0.25) is 0 Å². The van der Waals surface area contributed by atoms with Crippen molar-refractivity contribution in [1.29, 1.82) is 0 Å². The summed E-state index contributed by atoms with van der Waals surface area (Å²) in [5, 5.41) is 2.90. The first-order valence-electron chi connectivity index (χ1n) is 3.64. The fraction of sp³-hybridized carbons (Fsp3) is 0.200. The number of rotatable bonds is 1. The number of benzene rings is 1. The van der Waals surface area contributed by atoms with Crippen molar-refractivity contribution in [2.75, 3.05) is 17.8 Å². The van der Waals surface area contributed by atoms with Gasteiger partial charge in [0, 0.05) is 5.69 Å². The van der Waals surface area contributed by atoms with E-state index in [0.29, 0.717) is 0 Å². The first-order valence-corrected chi connectivity index (χ1v) is 5.68. The second kappa shape index (κ2) is 5.65. The fourth-order valence-corrected chi connectivity index (χ4v) is 1.06. The summed E-state index contributed by atoms with van der Waals surface area (Å²) in [5.74, 6) is 0. The van der Waals surface area contributed by atoms with Crippen LogP contribution < -0.4 is 5.32 Å². The SMILES string of the molecule is C[S+](C)C(=O)Nc1ccccc1.[CH3-]. The summed E-state index contributed by atoms with van der Waals surface area (Å²) in [4.78, 5) is 11.2. The molecule has 0 heterocycles. The van der Waals surface area contributed by atoms with Crippen molar-refractivity contribution >= 4 is 21.8 Å². The Hall–Kier alpha value is -0.960. The third-order valence-corrected chi connectivity index (χ3v) is 2.23. The van der Waals surface area contributed by atoms with Crippen molar-refractivity contribution in [3.8, 4) is 0 Å². The van der Waals surface area contributed by atoms with Gasteiger partial charge in [0.1, 0.15) is 12.5 Å². The van der Waals surface area contributed by atoms with Gasteiger partial charge in [-0.3, -0.25) is 5.32 Å². The van der Waals surface area contributed by atoms with Crippen molar-refractivity contribution in [2.24, 2.45) is 0 Å². The van der Waals surface area contributed by atoms with Gasteiger partial charge in [-0.05, 0) is 12.1 Å². The van der Waals surface area contributed by atoms with Crippen LogP contribution in [0.2, 0.25) is 0 Å². The maximum atomic E-state index is 11.2. The van der Waals surface area contributed by atoms with Gasteiger partial charge in [0.25, 0.3) is 0 Å². The van der Waals surface area contributed by atoms with Crippen LogP contribution in [0.3, 0.4) is 0 Å². The van der Waals surface area contributed by atoms with E-state index in [1.54, 1.807) is 0 Å². The summed E-state index contributed by atoms with van der Waals surface area (Å²) >= 11 is 0. The Kier molecular flexibility index (Phi) is 5.23. The third-order valence-electron chi connectivity index (χ3n) is 1.39. The minimum Gasteiger partial charge on any atom is -0.358 e. The molecule has 0 atom stereocenters. The largest absolute Gasteiger partial charge is 0.433 e. The fourth-order valence-electron chi connectivity index (χ4n) is 0.741. The van der Waals surface area contributed by atoms with E-state index in [-0.39, 0.29) is 23.6 Å². The summed E-state index contributed by atoms with van der Waals surface area (Å²) in [5.41, 5.74) is 0.865. The highest BCUT2D eigenvalue weighted by molar-refractivity contribution is 8.10. The van der Waals surface area contributed by atoms with E-state index in [4.69, 9.17) is 0 Å². The van der Waals surface area contributed by atoms with Crippen LogP contribution in [0.4, 0.5) is 10.5 Å². The van der Waals surface area contributed by atoms with Gasteiger partial charge in [0.15, 0.2) is 0 Å². The number of para-hydroxylation sites is 1.